The molecule has 0 unspecified atom stereocenters. The lowest BCUT2D eigenvalue weighted by Gasteiger charge is -2.14. The predicted molar refractivity (Wildman–Crippen MR) is 108 cm³/mol. The average molecular weight is 385 g/mol. The summed E-state index contributed by atoms with van der Waals surface area (Å²) in [6.45, 7) is 4.14. The maximum Gasteiger partial charge on any atom is 0.347 e. The second kappa shape index (κ2) is 11.0. The summed E-state index contributed by atoms with van der Waals surface area (Å²) in [5.74, 6) is 0.592. The van der Waals surface area contributed by atoms with Crippen molar-refractivity contribution < 1.29 is 23.8 Å². The highest BCUT2D eigenvalue weighted by Gasteiger charge is 2.16. The predicted octanol–water partition coefficient (Wildman–Crippen LogP) is 4.45. The van der Waals surface area contributed by atoms with Crippen molar-refractivity contribution in [1.82, 2.24) is 0 Å². The number of carbonyl (C=O) groups is 2. The number of rotatable bonds is 10. The second-order valence-electron chi connectivity index (χ2n) is 6.34. The van der Waals surface area contributed by atoms with E-state index in [1.165, 1.54) is 0 Å². The van der Waals surface area contributed by atoms with Crippen LogP contribution in [0.1, 0.15) is 43.5 Å². The normalized spacial score (nSPS) is 11.4. The van der Waals surface area contributed by atoms with Gasteiger partial charge in [-0.2, -0.15) is 0 Å². The van der Waals surface area contributed by atoms with E-state index in [1.54, 1.807) is 62.6 Å². The fourth-order valence-corrected chi connectivity index (χ4v) is 2.46. The number of amides is 1. The highest BCUT2D eigenvalue weighted by molar-refractivity contribution is 6.04. The summed E-state index contributed by atoms with van der Waals surface area (Å²) >= 11 is 0. The zero-order valence-corrected chi connectivity index (χ0v) is 16.6. The van der Waals surface area contributed by atoms with Crippen molar-refractivity contribution in [2.24, 2.45) is 0 Å². The fraction of sp³-hybridized carbons (Fsp3) is 0.364. The molecule has 6 heteroatoms. The largest absolute Gasteiger partial charge is 0.497 e. The Morgan fingerprint density at radius 2 is 1.61 bits per heavy atom. The van der Waals surface area contributed by atoms with Gasteiger partial charge in [-0.1, -0.05) is 19.8 Å². The third-order valence-electron chi connectivity index (χ3n) is 4.10. The van der Waals surface area contributed by atoms with Gasteiger partial charge in [-0.05, 0) is 61.9 Å². The molecule has 0 heterocycles. The van der Waals surface area contributed by atoms with Gasteiger partial charge in [-0.25, -0.2) is 4.79 Å². The third kappa shape index (κ3) is 6.61. The van der Waals surface area contributed by atoms with Crippen molar-refractivity contribution in [2.75, 3.05) is 19.0 Å². The first-order valence-corrected chi connectivity index (χ1v) is 9.42. The SMILES string of the molecule is CCCCCOC(=O)[C@@H](C)Oc1ccc(C(=O)Nc2ccc(OC)cc2)cc1. The molecule has 0 bridgehead atoms. The molecule has 2 aromatic carbocycles. The molecule has 0 radical (unpaired) electrons. The Balaban J connectivity index is 1.85. The molecule has 1 amide bonds. The van der Waals surface area contributed by atoms with E-state index in [-0.39, 0.29) is 5.91 Å². The van der Waals surface area contributed by atoms with Crippen LogP contribution in [0.2, 0.25) is 0 Å². The number of nitrogens with one attached hydrogen (secondary N) is 1. The standard InChI is InChI=1S/C22H27NO5/c1-4-5-6-15-27-22(25)16(2)28-20-11-7-17(8-12-20)21(24)23-18-9-13-19(26-3)14-10-18/h7-14,16H,4-6,15H2,1-3H3,(H,23,24)/t16-/m1/s1. The van der Waals surface area contributed by atoms with Crippen LogP contribution in [0.5, 0.6) is 11.5 Å². The van der Waals surface area contributed by atoms with Crippen LogP contribution in [0.3, 0.4) is 0 Å². The summed E-state index contributed by atoms with van der Waals surface area (Å²) in [6.07, 6.45) is 2.25. The van der Waals surface area contributed by atoms with Gasteiger partial charge in [0.2, 0.25) is 0 Å². The molecule has 0 aliphatic rings. The van der Waals surface area contributed by atoms with Gasteiger partial charge >= 0.3 is 5.97 Å². The Kier molecular flexibility index (Phi) is 8.34. The molecule has 28 heavy (non-hydrogen) atoms. The highest BCUT2D eigenvalue weighted by atomic mass is 16.6. The van der Waals surface area contributed by atoms with Gasteiger partial charge in [0.15, 0.2) is 6.10 Å². The first-order chi connectivity index (χ1) is 13.5. The molecule has 2 aromatic rings. The Morgan fingerprint density at radius 1 is 0.964 bits per heavy atom. The van der Waals surface area contributed by atoms with Crippen LogP contribution in [0.25, 0.3) is 0 Å². The van der Waals surface area contributed by atoms with Gasteiger partial charge in [0, 0.05) is 11.3 Å². The number of ether oxygens (including phenoxy) is 3. The van der Waals surface area contributed by atoms with Crippen molar-refractivity contribution in [2.45, 2.75) is 39.2 Å². The molecule has 0 saturated heterocycles. The number of esters is 1. The topological polar surface area (TPSA) is 73.9 Å². The van der Waals surface area contributed by atoms with Gasteiger partial charge in [0.1, 0.15) is 11.5 Å². The first kappa shape index (κ1) is 21.3. The van der Waals surface area contributed by atoms with Crippen LogP contribution in [0.15, 0.2) is 48.5 Å². The molecule has 0 aliphatic carbocycles. The van der Waals surface area contributed by atoms with E-state index in [0.717, 1.165) is 25.0 Å². The molecule has 0 spiro atoms. The average Bonchev–Trinajstić information content (AvgIpc) is 2.72. The number of carbonyl (C=O) groups excluding carboxylic acids is 2. The Bertz CT molecular complexity index is 756. The highest BCUT2D eigenvalue weighted by Crippen LogP contribution is 2.18. The van der Waals surface area contributed by atoms with Crippen LogP contribution >= 0.6 is 0 Å². The molecule has 1 N–H and O–H groups in total. The zero-order chi connectivity index (χ0) is 20.4. The van der Waals surface area contributed by atoms with Crippen LogP contribution in [0.4, 0.5) is 5.69 Å². The maximum absolute atomic E-state index is 12.3. The first-order valence-electron chi connectivity index (χ1n) is 9.42. The van der Waals surface area contributed by atoms with Crippen LogP contribution in [-0.4, -0.2) is 31.7 Å². The summed E-state index contributed by atoms with van der Waals surface area (Å²) in [5.41, 5.74) is 1.16. The van der Waals surface area contributed by atoms with E-state index in [0.29, 0.717) is 23.6 Å². The Labute approximate surface area is 165 Å². The molecule has 0 fully saturated rings. The number of anilines is 1. The Hall–Kier alpha value is -3.02. The molecule has 0 saturated carbocycles. The summed E-state index contributed by atoms with van der Waals surface area (Å²) in [7, 11) is 1.59. The van der Waals surface area contributed by atoms with E-state index in [1.807, 2.05) is 0 Å². The van der Waals surface area contributed by atoms with E-state index in [4.69, 9.17) is 14.2 Å². The second-order valence-corrected chi connectivity index (χ2v) is 6.34. The number of hydrogen-bond donors (Lipinski definition) is 1. The van der Waals surface area contributed by atoms with Crippen molar-refractivity contribution in [3.8, 4) is 11.5 Å². The summed E-state index contributed by atoms with van der Waals surface area (Å²) in [6, 6.07) is 13.7. The quantitative estimate of drug-likeness (QED) is 0.483. The lowest BCUT2D eigenvalue weighted by molar-refractivity contribution is -0.151. The van der Waals surface area contributed by atoms with Crippen molar-refractivity contribution in [1.29, 1.82) is 0 Å². The van der Waals surface area contributed by atoms with Crippen molar-refractivity contribution >= 4 is 17.6 Å². The fourth-order valence-electron chi connectivity index (χ4n) is 2.46. The summed E-state index contributed by atoms with van der Waals surface area (Å²) < 4.78 is 15.9. The van der Waals surface area contributed by atoms with Gasteiger partial charge < -0.3 is 19.5 Å². The number of hydrogen-bond acceptors (Lipinski definition) is 5. The lowest BCUT2D eigenvalue weighted by Crippen LogP contribution is -2.26. The Morgan fingerprint density at radius 3 is 2.21 bits per heavy atom. The van der Waals surface area contributed by atoms with Crippen molar-refractivity contribution in [3.63, 3.8) is 0 Å². The van der Waals surface area contributed by atoms with Gasteiger partial charge in [0.25, 0.3) is 5.91 Å². The lowest BCUT2D eigenvalue weighted by atomic mass is 10.2. The van der Waals surface area contributed by atoms with Crippen LogP contribution in [-0.2, 0) is 9.53 Å². The molecule has 0 aromatic heterocycles. The van der Waals surface area contributed by atoms with Gasteiger partial charge in [0.05, 0.1) is 13.7 Å². The van der Waals surface area contributed by atoms with Crippen molar-refractivity contribution in [3.05, 3.63) is 54.1 Å². The zero-order valence-electron chi connectivity index (χ0n) is 16.6. The van der Waals surface area contributed by atoms with Gasteiger partial charge in [-0.15, -0.1) is 0 Å². The molecule has 2 rings (SSSR count). The molecular formula is C22H27NO5. The van der Waals surface area contributed by atoms with Crippen LogP contribution in [0, 0.1) is 0 Å². The molecular weight excluding hydrogens is 358 g/mol. The van der Waals surface area contributed by atoms with Gasteiger partial charge in [-0.3, -0.25) is 4.79 Å². The van der Waals surface area contributed by atoms with E-state index in [9.17, 15) is 9.59 Å². The number of methoxy groups -OCH3 is 1. The summed E-state index contributed by atoms with van der Waals surface area (Å²) in [5, 5.41) is 2.81. The third-order valence-corrected chi connectivity index (χ3v) is 4.10. The maximum atomic E-state index is 12.3. The number of benzene rings is 2. The van der Waals surface area contributed by atoms with Crippen LogP contribution < -0.4 is 14.8 Å². The van der Waals surface area contributed by atoms with E-state index < -0.39 is 12.1 Å². The minimum absolute atomic E-state index is 0.236. The minimum Gasteiger partial charge on any atom is -0.497 e. The molecule has 6 nitrogen and oxygen atoms in total. The summed E-state index contributed by atoms with van der Waals surface area (Å²) in [4.78, 5) is 24.2. The van der Waals surface area contributed by atoms with E-state index in [2.05, 4.69) is 12.2 Å². The smallest absolute Gasteiger partial charge is 0.347 e. The number of unbranched alkanes of at least 4 members (excludes halogenated alkanes) is 2. The molecule has 0 aliphatic heterocycles. The van der Waals surface area contributed by atoms with E-state index >= 15 is 0 Å². The minimum atomic E-state index is -0.708. The molecule has 1 atom stereocenters. The molecule has 150 valence electrons. The monoisotopic (exact) mass is 385 g/mol.